The van der Waals surface area contributed by atoms with Crippen LogP contribution in [0.15, 0.2) is 24.8 Å². The zero-order valence-corrected chi connectivity index (χ0v) is 15.7. The Morgan fingerprint density at radius 3 is 2.81 bits per heavy atom. The van der Waals surface area contributed by atoms with Gasteiger partial charge in [0.05, 0.1) is 4.92 Å². The van der Waals surface area contributed by atoms with Crippen LogP contribution in [-0.4, -0.2) is 47.5 Å². The normalized spacial score (nSPS) is 17.0. The second-order valence-corrected chi connectivity index (χ2v) is 6.80. The number of hydrogen-bond acceptors (Lipinski definition) is 5. The van der Waals surface area contributed by atoms with Gasteiger partial charge in [0.1, 0.15) is 6.61 Å². The number of hydrogen-bond donors (Lipinski definition) is 1. The molecule has 1 atom stereocenters. The van der Waals surface area contributed by atoms with E-state index >= 15 is 0 Å². The van der Waals surface area contributed by atoms with E-state index in [-0.39, 0.29) is 36.0 Å². The van der Waals surface area contributed by atoms with Crippen LogP contribution in [0.5, 0.6) is 5.75 Å². The Morgan fingerprint density at radius 1 is 1.54 bits per heavy atom. The van der Waals surface area contributed by atoms with Crippen molar-refractivity contribution in [1.82, 2.24) is 10.2 Å². The lowest BCUT2D eigenvalue weighted by Gasteiger charge is -2.38. The van der Waals surface area contributed by atoms with Gasteiger partial charge in [-0.05, 0) is 51.8 Å². The number of amides is 1. The van der Waals surface area contributed by atoms with Crippen molar-refractivity contribution in [2.45, 2.75) is 45.7 Å². The summed E-state index contributed by atoms with van der Waals surface area (Å²) in [6, 6.07) is 2.99. The number of ether oxygens (including phenoxy) is 1. The third-order valence-corrected chi connectivity index (χ3v) is 4.54. The molecule has 1 aliphatic rings. The first-order chi connectivity index (χ1) is 12.4. The highest BCUT2D eigenvalue weighted by Crippen LogP contribution is 2.32. The molecule has 7 nitrogen and oxygen atoms in total. The maximum atomic E-state index is 13.2. The number of aryl methyl sites for hydroxylation is 1. The van der Waals surface area contributed by atoms with E-state index in [0.717, 1.165) is 25.9 Å². The van der Waals surface area contributed by atoms with Crippen molar-refractivity contribution < 1.29 is 14.5 Å². The fourth-order valence-corrected chi connectivity index (χ4v) is 3.34. The number of nitro groups is 1. The van der Waals surface area contributed by atoms with Crippen molar-refractivity contribution in [3.63, 3.8) is 0 Å². The molecule has 0 bridgehead atoms. The molecule has 1 fully saturated rings. The highest BCUT2D eigenvalue weighted by molar-refractivity contribution is 5.97. The summed E-state index contributed by atoms with van der Waals surface area (Å²) >= 11 is 0. The van der Waals surface area contributed by atoms with Crippen LogP contribution in [0.25, 0.3) is 0 Å². The minimum absolute atomic E-state index is 0.00236. The van der Waals surface area contributed by atoms with Crippen molar-refractivity contribution >= 4 is 11.6 Å². The molecule has 0 saturated carbocycles. The molecule has 2 rings (SSSR count). The fraction of sp³-hybridized carbons (Fsp3) is 0.526. The van der Waals surface area contributed by atoms with E-state index < -0.39 is 4.92 Å². The maximum Gasteiger partial charge on any atom is 0.311 e. The molecule has 0 radical (unpaired) electrons. The highest BCUT2D eigenvalue weighted by Gasteiger charge is 2.31. The van der Waals surface area contributed by atoms with E-state index in [1.807, 2.05) is 18.7 Å². The van der Waals surface area contributed by atoms with Gasteiger partial charge in [-0.15, -0.1) is 0 Å². The zero-order valence-electron chi connectivity index (χ0n) is 15.7. The molecule has 0 aliphatic carbocycles. The number of benzene rings is 1. The lowest BCUT2D eigenvalue weighted by molar-refractivity contribution is -0.385. The average molecular weight is 361 g/mol. The molecular weight excluding hydrogens is 334 g/mol. The quantitative estimate of drug-likeness (QED) is 0.458. The van der Waals surface area contributed by atoms with Crippen molar-refractivity contribution in [2.24, 2.45) is 0 Å². The summed E-state index contributed by atoms with van der Waals surface area (Å²) in [5.41, 5.74) is 0.808. The Balaban J connectivity index is 2.40. The average Bonchev–Trinajstić information content (AvgIpc) is 2.60. The molecule has 7 heteroatoms. The van der Waals surface area contributed by atoms with Crippen LogP contribution in [0.1, 0.15) is 42.6 Å². The molecule has 0 spiro atoms. The Labute approximate surface area is 154 Å². The fourth-order valence-electron chi connectivity index (χ4n) is 3.34. The SMILES string of the molecule is C=CCOc1cc(C)c(C(=O)N(C(C)C)C2CCCNC2)cc1[N+](=O)[O-]. The highest BCUT2D eigenvalue weighted by atomic mass is 16.6. The first-order valence-electron chi connectivity index (χ1n) is 8.93. The monoisotopic (exact) mass is 361 g/mol. The Morgan fingerprint density at radius 2 is 2.27 bits per heavy atom. The van der Waals surface area contributed by atoms with Gasteiger partial charge in [0.25, 0.3) is 5.91 Å². The minimum Gasteiger partial charge on any atom is -0.483 e. The van der Waals surface area contributed by atoms with Crippen molar-refractivity contribution in [3.8, 4) is 5.75 Å². The van der Waals surface area contributed by atoms with E-state index in [2.05, 4.69) is 11.9 Å². The van der Waals surface area contributed by atoms with E-state index in [4.69, 9.17) is 4.74 Å². The maximum absolute atomic E-state index is 13.2. The molecule has 1 amide bonds. The number of piperidine rings is 1. The van der Waals surface area contributed by atoms with Gasteiger partial charge in [0.2, 0.25) is 0 Å². The largest absolute Gasteiger partial charge is 0.483 e. The summed E-state index contributed by atoms with van der Waals surface area (Å²) in [5.74, 6) is -0.0241. The van der Waals surface area contributed by atoms with Crippen LogP contribution in [0.3, 0.4) is 0 Å². The second kappa shape index (κ2) is 8.80. The number of nitrogens with zero attached hydrogens (tertiary/aromatic N) is 2. The van der Waals surface area contributed by atoms with Gasteiger partial charge in [-0.2, -0.15) is 0 Å². The van der Waals surface area contributed by atoms with Gasteiger partial charge in [-0.1, -0.05) is 12.7 Å². The van der Waals surface area contributed by atoms with Crippen LogP contribution in [0.2, 0.25) is 0 Å². The number of rotatable bonds is 7. The van der Waals surface area contributed by atoms with Crippen molar-refractivity contribution in [2.75, 3.05) is 19.7 Å². The first kappa shape index (κ1) is 19.9. The van der Waals surface area contributed by atoms with Gasteiger partial charge in [0, 0.05) is 30.3 Å². The Bertz CT molecular complexity index is 682. The number of nitrogens with one attached hydrogen (secondary N) is 1. The lowest BCUT2D eigenvalue weighted by Crippen LogP contribution is -2.51. The van der Waals surface area contributed by atoms with Crippen LogP contribution in [0.4, 0.5) is 5.69 Å². The summed E-state index contributed by atoms with van der Waals surface area (Å²) in [6.45, 7) is 11.1. The van der Waals surface area contributed by atoms with Crippen LogP contribution in [0, 0.1) is 17.0 Å². The molecule has 142 valence electrons. The molecule has 1 unspecified atom stereocenters. The molecule has 1 aromatic rings. The Kier molecular flexibility index (Phi) is 6.74. The van der Waals surface area contributed by atoms with Crippen LogP contribution in [-0.2, 0) is 0 Å². The first-order valence-corrected chi connectivity index (χ1v) is 8.93. The molecule has 1 aliphatic heterocycles. The smallest absolute Gasteiger partial charge is 0.311 e. The minimum atomic E-state index is -0.517. The van der Waals surface area contributed by atoms with E-state index in [9.17, 15) is 14.9 Å². The summed E-state index contributed by atoms with van der Waals surface area (Å²) in [4.78, 5) is 26.0. The van der Waals surface area contributed by atoms with Crippen molar-refractivity contribution in [3.05, 3.63) is 46.0 Å². The van der Waals surface area contributed by atoms with E-state index in [1.165, 1.54) is 12.1 Å². The summed E-state index contributed by atoms with van der Waals surface area (Å²) in [7, 11) is 0. The zero-order chi connectivity index (χ0) is 19.3. The van der Waals surface area contributed by atoms with Gasteiger partial charge >= 0.3 is 5.69 Å². The van der Waals surface area contributed by atoms with Crippen LogP contribution >= 0.6 is 0 Å². The van der Waals surface area contributed by atoms with Crippen LogP contribution < -0.4 is 10.1 Å². The van der Waals surface area contributed by atoms with Gasteiger partial charge in [-0.25, -0.2) is 0 Å². The predicted molar refractivity (Wildman–Crippen MR) is 101 cm³/mol. The van der Waals surface area contributed by atoms with Gasteiger partial charge in [-0.3, -0.25) is 14.9 Å². The molecule has 1 N–H and O–H groups in total. The van der Waals surface area contributed by atoms with Gasteiger partial charge < -0.3 is 15.0 Å². The lowest BCUT2D eigenvalue weighted by atomic mass is 10.00. The van der Waals surface area contributed by atoms with E-state index in [0.29, 0.717) is 11.1 Å². The number of carbonyl (C=O) groups excluding carboxylic acids is 1. The molecule has 1 saturated heterocycles. The van der Waals surface area contributed by atoms with E-state index in [1.54, 1.807) is 13.0 Å². The topological polar surface area (TPSA) is 84.7 Å². The molecular formula is C19H27N3O4. The second-order valence-electron chi connectivity index (χ2n) is 6.80. The molecule has 0 aromatic heterocycles. The van der Waals surface area contributed by atoms with Gasteiger partial charge in [0.15, 0.2) is 5.75 Å². The Hall–Kier alpha value is -2.41. The molecule has 1 heterocycles. The predicted octanol–water partition coefficient (Wildman–Crippen LogP) is 3.07. The number of nitro benzene ring substituents is 1. The summed E-state index contributed by atoms with van der Waals surface area (Å²) in [6.07, 6.45) is 3.46. The summed E-state index contributed by atoms with van der Waals surface area (Å²) < 4.78 is 5.39. The third kappa shape index (κ3) is 4.40. The van der Waals surface area contributed by atoms with Crippen molar-refractivity contribution in [1.29, 1.82) is 0 Å². The molecule has 26 heavy (non-hydrogen) atoms. The number of carbonyl (C=O) groups is 1. The third-order valence-electron chi connectivity index (χ3n) is 4.54. The molecule has 1 aromatic carbocycles. The standard InChI is InChI=1S/C19H27N3O4/c1-5-9-26-18-10-14(4)16(11-17(18)22(24)25)19(23)21(13(2)3)15-7-6-8-20-12-15/h5,10-11,13,15,20H,1,6-9,12H2,2-4H3. The summed E-state index contributed by atoms with van der Waals surface area (Å²) in [5, 5.41) is 14.8.